The predicted octanol–water partition coefficient (Wildman–Crippen LogP) is 1.14. The number of aromatic nitrogens is 1. The summed E-state index contributed by atoms with van der Waals surface area (Å²) in [7, 11) is -3.61. The number of nitrogens with one attached hydrogen (secondary N) is 1. The van der Waals surface area contributed by atoms with Gasteiger partial charge in [0.1, 0.15) is 15.6 Å². The van der Waals surface area contributed by atoms with Gasteiger partial charge in [0.15, 0.2) is 0 Å². The lowest BCUT2D eigenvalue weighted by molar-refractivity contribution is 0.578. The smallest absolute Gasteiger partial charge is 0.242 e. The molecule has 0 atom stereocenters. The van der Waals surface area contributed by atoms with E-state index in [2.05, 4.69) is 9.71 Å². The first-order valence-electron chi connectivity index (χ1n) is 5.72. The highest BCUT2D eigenvalue weighted by Gasteiger charge is 2.19. The van der Waals surface area contributed by atoms with E-state index < -0.39 is 10.0 Å². The van der Waals surface area contributed by atoms with Gasteiger partial charge in [-0.15, -0.1) is 0 Å². The Morgan fingerprint density at radius 2 is 2.26 bits per heavy atom. The highest BCUT2D eigenvalue weighted by molar-refractivity contribution is 7.98. The number of nitrogens with zero attached hydrogens (tertiary/aromatic N) is 1. The van der Waals surface area contributed by atoms with E-state index in [1.165, 1.54) is 12.3 Å². The zero-order valence-corrected chi connectivity index (χ0v) is 13.1. The number of nitrogens with two attached hydrogens (primary N) is 1. The molecule has 5 nitrogen and oxygen atoms in total. The molecule has 1 heterocycles. The van der Waals surface area contributed by atoms with Crippen LogP contribution in [0.25, 0.3) is 0 Å². The van der Waals surface area contributed by atoms with Crippen molar-refractivity contribution >= 4 is 39.0 Å². The van der Waals surface area contributed by atoms with Crippen LogP contribution in [0, 0.1) is 0 Å². The van der Waals surface area contributed by atoms with Crippen LogP contribution in [0.2, 0.25) is 0 Å². The Morgan fingerprint density at radius 1 is 1.53 bits per heavy atom. The SMILES string of the molecule is CSCCCCNS(=O)(=O)c1cccnc1C(N)=S. The van der Waals surface area contributed by atoms with E-state index in [0.29, 0.717) is 6.54 Å². The van der Waals surface area contributed by atoms with Crippen LogP contribution >= 0.6 is 24.0 Å². The van der Waals surface area contributed by atoms with Gasteiger partial charge in [-0.2, -0.15) is 11.8 Å². The zero-order valence-electron chi connectivity index (χ0n) is 10.6. The van der Waals surface area contributed by atoms with Crippen molar-refractivity contribution < 1.29 is 8.42 Å². The van der Waals surface area contributed by atoms with E-state index in [9.17, 15) is 8.42 Å². The lowest BCUT2D eigenvalue weighted by Gasteiger charge is -2.09. The average molecular weight is 319 g/mol. The monoisotopic (exact) mass is 319 g/mol. The summed E-state index contributed by atoms with van der Waals surface area (Å²) in [5, 5.41) is 0. The first-order valence-corrected chi connectivity index (χ1v) is 9.01. The fourth-order valence-electron chi connectivity index (χ4n) is 1.45. The summed E-state index contributed by atoms with van der Waals surface area (Å²) in [5.41, 5.74) is 5.61. The molecule has 0 saturated carbocycles. The molecule has 106 valence electrons. The normalized spacial score (nSPS) is 11.4. The molecule has 0 unspecified atom stereocenters. The van der Waals surface area contributed by atoms with E-state index in [4.69, 9.17) is 18.0 Å². The van der Waals surface area contributed by atoms with Crippen LogP contribution < -0.4 is 10.5 Å². The third-order valence-electron chi connectivity index (χ3n) is 2.36. The molecule has 0 aromatic carbocycles. The minimum atomic E-state index is -3.61. The van der Waals surface area contributed by atoms with Crippen LogP contribution in [0.3, 0.4) is 0 Å². The molecule has 3 N–H and O–H groups in total. The molecule has 1 aromatic rings. The molecule has 0 saturated heterocycles. The maximum Gasteiger partial charge on any atom is 0.242 e. The molecule has 0 radical (unpaired) electrons. The van der Waals surface area contributed by atoms with E-state index >= 15 is 0 Å². The highest BCUT2D eigenvalue weighted by atomic mass is 32.2. The molecule has 0 amide bonds. The molecular weight excluding hydrogens is 302 g/mol. The van der Waals surface area contributed by atoms with Gasteiger partial charge in [0, 0.05) is 12.7 Å². The third-order valence-corrected chi connectivity index (χ3v) is 4.74. The molecule has 0 aliphatic heterocycles. The van der Waals surface area contributed by atoms with Gasteiger partial charge in [0.2, 0.25) is 10.0 Å². The first-order chi connectivity index (χ1) is 8.99. The average Bonchev–Trinajstić information content (AvgIpc) is 2.38. The summed E-state index contributed by atoms with van der Waals surface area (Å²) in [4.78, 5) is 3.92. The van der Waals surface area contributed by atoms with Crippen molar-refractivity contribution in [2.45, 2.75) is 17.7 Å². The lowest BCUT2D eigenvalue weighted by atomic mass is 10.3. The lowest BCUT2D eigenvalue weighted by Crippen LogP contribution is -2.28. The molecule has 0 bridgehead atoms. The van der Waals surface area contributed by atoms with Crippen molar-refractivity contribution in [1.82, 2.24) is 9.71 Å². The van der Waals surface area contributed by atoms with Crippen molar-refractivity contribution in [3.8, 4) is 0 Å². The number of unbranched alkanes of at least 4 members (excludes halogenated alkanes) is 1. The summed E-state index contributed by atoms with van der Waals surface area (Å²) >= 11 is 6.55. The number of hydrogen-bond acceptors (Lipinski definition) is 5. The molecule has 0 aliphatic rings. The Labute approximate surface area is 123 Å². The molecule has 1 aromatic heterocycles. The Bertz CT molecular complexity index is 532. The molecule has 0 spiro atoms. The maximum absolute atomic E-state index is 12.1. The quantitative estimate of drug-likeness (QED) is 0.552. The Kier molecular flexibility index (Phi) is 6.70. The standard InChI is InChI=1S/C11H17N3O2S3/c1-18-8-3-2-7-14-19(15,16)9-5-4-6-13-10(9)11(12)17/h4-6,14H,2-3,7-8H2,1H3,(H2,12,17). The zero-order chi connectivity index (χ0) is 14.3. The number of hydrogen-bond donors (Lipinski definition) is 2. The summed E-state index contributed by atoms with van der Waals surface area (Å²) in [5.74, 6) is 1.02. The molecular formula is C11H17N3O2S3. The van der Waals surface area contributed by atoms with Crippen molar-refractivity contribution in [2.24, 2.45) is 5.73 Å². The van der Waals surface area contributed by atoms with Gasteiger partial charge in [-0.25, -0.2) is 13.1 Å². The topological polar surface area (TPSA) is 85.1 Å². The van der Waals surface area contributed by atoms with Crippen molar-refractivity contribution in [1.29, 1.82) is 0 Å². The fourth-order valence-corrected chi connectivity index (χ4v) is 3.41. The van der Waals surface area contributed by atoms with Gasteiger partial charge in [0.25, 0.3) is 0 Å². The first kappa shape index (κ1) is 16.4. The summed E-state index contributed by atoms with van der Waals surface area (Å²) in [6, 6.07) is 3.00. The Balaban J connectivity index is 2.75. The third kappa shape index (κ3) is 5.06. The second-order valence-electron chi connectivity index (χ2n) is 3.81. The van der Waals surface area contributed by atoms with Gasteiger partial charge in [-0.1, -0.05) is 12.2 Å². The summed E-state index contributed by atoms with van der Waals surface area (Å²) in [6.45, 7) is 0.397. The van der Waals surface area contributed by atoms with Crippen molar-refractivity contribution in [2.75, 3.05) is 18.6 Å². The van der Waals surface area contributed by atoms with Crippen LogP contribution in [0.4, 0.5) is 0 Å². The molecule has 8 heteroatoms. The number of pyridine rings is 1. The number of thioether (sulfide) groups is 1. The predicted molar refractivity (Wildman–Crippen MR) is 82.9 cm³/mol. The minimum absolute atomic E-state index is 0.0247. The molecule has 1 rings (SSSR count). The van der Waals surface area contributed by atoms with Crippen LogP contribution in [0.1, 0.15) is 18.5 Å². The van der Waals surface area contributed by atoms with E-state index in [1.807, 2.05) is 6.26 Å². The van der Waals surface area contributed by atoms with Crippen LogP contribution in [-0.4, -0.2) is 36.9 Å². The van der Waals surface area contributed by atoms with E-state index in [0.717, 1.165) is 18.6 Å². The van der Waals surface area contributed by atoms with Crippen molar-refractivity contribution in [3.05, 3.63) is 24.0 Å². The van der Waals surface area contributed by atoms with Gasteiger partial charge in [-0.3, -0.25) is 4.98 Å². The molecule has 0 fully saturated rings. The van der Waals surface area contributed by atoms with E-state index in [-0.39, 0.29) is 15.6 Å². The number of rotatable bonds is 8. The largest absolute Gasteiger partial charge is 0.388 e. The van der Waals surface area contributed by atoms with Gasteiger partial charge in [-0.05, 0) is 37.0 Å². The fraction of sp³-hybridized carbons (Fsp3) is 0.455. The highest BCUT2D eigenvalue weighted by Crippen LogP contribution is 2.12. The Morgan fingerprint density at radius 3 is 2.89 bits per heavy atom. The number of thiocarbonyl (C=S) groups is 1. The maximum atomic E-state index is 12.1. The Hall–Kier alpha value is -0.700. The summed E-state index contributed by atoms with van der Waals surface area (Å²) < 4.78 is 26.8. The van der Waals surface area contributed by atoms with Crippen LogP contribution in [0.5, 0.6) is 0 Å². The van der Waals surface area contributed by atoms with Crippen LogP contribution in [0.15, 0.2) is 23.2 Å². The van der Waals surface area contributed by atoms with Gasteiger partial charge >= 0.3 is 0 Å². The second-order valence-corrected chi connectivity index (χ2v) is 6.97. The summed E-state index contributed by atoms with van der Waals surface area (Å²) in [6.07, 6.45) is 5.25. The second kappa shape index (κ2) is 7.78. The minimum Gasteiger partial charge on any atom is -0.388 e. The van der Waals surface area contributed by atoms with Gasteiger partial charge in [0.05, 0.1) is 0 Å². The number of sulfonamides is 1. The van der Waals surface area contributed by atoms with E-state index in [1.54, 1.807) is 17.8 Å². The molecule has 0 aliphatic carbocycles. The van der Waals surface area contributed by atoms with Crippen molar-refractivity contribution in [3.63, 3.8) is 0 Å². The van der Waals surface area contributed by atoms with Gasteiger partial charge < -0.3 is 5.73 Å². The van der Waals surface area contributed by atoms with Crippen LogP contribution in [-0.2, 0) is 10.0 Å². The molecule has 19 heavy (non-hydrogen) atoms.